The smallest absolute Gasteiger partial charge is 0.303 e. The molecule has 4 heteroatoms. The van der Waals surface area contributed by atoms with Gasteiger partial charge in [0.05, 0.1) is 0 Å². The second kappa shape index (κ2) is 5.47. The van der Waals surface area contributed by atoms with Crippen molar-refractivity contribution in [3.05, 3.63) is 0 Å². The van der Waals surface area contributed by atoms with Crippen molar-refractivity contribution in [2.24, 2.45) is 0 Å². The average molecular weight is 214 g/mol. The Morgan fingerprint density at radius 3 is 2.67 bits per heavy atom. The van der Waals surface area contributed by atoms with Crippen molar-refractivity contribution in [1.29, 1.82) is 0 Å². The third kappa shape index (κ3) is 3.80. The van der Waals surface area contributed by atoms with E-state index in [4.69, 9.17) is 5.11 Å². The summed E-state index contributed by atoms with van der Waals surface area (Å²) in [6.45, 7) is 7.53. The zero-order valence-corrected chi connectivity index (χ0v) is 9.94. The number of rotatable bonds is 4. The molecule has 4 nitrogen and oxygen atoms in total. The molecule has 1 aliphatic heterocycles. The number of likely N-dealkylation sites (N-methyl/N-ethyl adjacent to an activating group) is 1. The van der Waals surface area contributed by atoms with Crippen molar-refractivity contribution in [1.82, 2.24) is 9.80 Å². The molecular weight excluding hydrogens is 192 g/mol. The Morgan fingerprint density at radius 1 is 1.47 bits per heavy atom. The summed E-state index contributed by atoms with van der Waals surface area (Å²) in [7, 11) is 2.09. The molecule has 0 aromatic heterocycles. The van der Waals surface area contributed by atoms with Gasteiger partial charge in [0.1, 0.15) is 0 Å². The predicted octanol–water partition coefficient (Wildman–Crippen LogP) is 0.876. The van der Waals surface area contributed by atoms with Gasteiger partial charge in [0.2, 0.25) is 0 Å². The molecule has 1 N–H and O–H groups in total. The van der Waals surface area contributed by atoms with Crippen molar-refractivity contribution in [3.8, 4) is 0 Å². The summed E-state index contributed by atoms with van der Waals surface area (Å²) >= 11 is 0. The first-order chi connectivity index (χ1) is 7.00. The average Bonchev–Trinajstić information content (AvgIpc) is 2.16. The fourth-order valence-electron chi connectivity index (χ4n) is 2.04. The van der Waals surface area contributed by atoms with Gasteiger partial charge in [-0.15, -0.1) is 0 Å². The minimum Gasteiger partial charge on any atom is -0.481 e. The van der Waals surface area contributed by atoms with Gasteiger partial charge in [-0.05, 0) is 27.3 Å². The highest BCUT2D eigenvalue weighted by atomic mass is 16.4. The lowest BCUT2D eigenvalue weighted by Crippen LogP contribution is -2.53. The number of aliphatic carboxylic acids is 1. The Hall–Kier alpha value is -0.610. The van der Waals surface area contributed by atoms with Crippen LogP contribution >= 0.6 is 0 Å². The van der Waals surface area contributed by atoms with Crippen LogP contribution in [0.1, 0.15) is 26.7 Å². The van der Waals surface area contributed by atoms with E-state index in [-0.39, 0.29) is 6.42 Å². The maximum absolute atomic E-state index is 10.5. The van der Waals surface area contributed by atoms with Crippen LogP contribution in [0.2, 0.25) is 0 Å². The highest BCUT2D eigenvalue weighted by Gasteiger charge is 2.25. The number of carboxylic acids is 1. The first-order valence-corrected chi connectivity index (χ1v) is 5.66. The summed E-state index contributed by atoms with van der Waals surface area (Å²) in [4.78, 5) is 15.2. The Bertz CT molecular complexity index is 219. The lowest BCUT2D eigenvalue weighted by Gasteiger charge is -2.41. The number of hydrogen-bond donors (Lipinski definition) is 1. The van der Waals surface area contributed by atoms with Gasteiger partial charge in [-0.25, -0.2) is 0 Å². The van der Waals surface area contributed by atoms with Crippen LogP contribution in [0.25, 0.3) is 0 Å². The van der Waals surface area contributed by atoms with Crippen LogP contribution in [-0.4, -0.2) is 59.6 Å². The molecule has 1 aliphatic rings. The Labute approximate surface area is 91.9 Å². The summed E-state index contributed by atoms with van der Waals surface area (Å²) in [5, 5.41) is 8.67. The fourth-order valence-corrected chi connectivity index (χ4v) is 2.04. The van der Waals surface area contributed by atoms with Crippen LogP contribution in [0.4, 0.5) is 0 Å². The maximum atomic E-state index is 10.5. The van der Waals surface area contributed by atoms with E-state index in [1.807, 2.05) is 0 Å². The van der Waals surface area contributed by atoms with Gasteiger partial charge < -0.3 is 10.0 Å². The van der Waals surface area contributed by atoms with E-state index >= 15 is 0 Å². The normalized spacial score (nSPS) is 24.7. The SMILES string of the molecule is CC(C)N1CCN(C)C(CCC(=O)O)C1. The van der Waals surface area contributed by atoms with E-state index in [9.17, 15) is 4.79 Å². The number of nitrogens with zero attached hydrogens (tertiary/aromatic N) is 2. The second-order valence-electron chi connectivity index (χ2n) is 4.66. The van der Waals surface area contributed by atoms with Crippen LogP contribution < -0.4 is 0 Å². The molecule has 1 unspecified atom stereocenters. The standard InChI is InChI=1S/C11H22N2O2/c1-9(2)13-7-6-12(3)10(8-13)4-5-11(14)15/h9-10H,4-8H2,1-3H3,(H,14,15). The molecule has 0 aromatic carbocycles. The molecular formula is C11H22N2O2. The molecule has 0 amide bonds. The maximum Gasteiger partial charge on any atom is 0.303 e. The molecule has 88 valence electrons. The third-order valence-corrected chi connectivity index (χ3v) is 3.23. The van der Waals surface area contributed by atoms with E-state index in [1.54, 1.807) is 0 Å². The second-order valence-corrected chi connectivity index (χ2v) is 4.66. The Balaban J connectivity index is 2.42. The highest BCUT2D eigenvalue weighted by molar-refractivity contribution is 5.66. The molecule has 1 rings (SSSR count). The minimum atomic E-state index is -0.690. The largest absolute Gasteiger partial charge is 0.481 e. The quantitative estimate of drug-likeness (QED) is 0.754. The summed E-state index contributed by atoms with van der Waals surface area (Å²) < 4.78 is 0. The zero-order valence-electron chi connectivity index (χ0n) is 9.94. The minimum absolute atomic E-state index is 0.279. The Kier molecular flexibility index (Phi) is 4.54. The molecule has 1 saturated heterocycles. The van der Waals surface area contributed by atoms with E-state index in [2.05, 4.69) is 30.7 Å². The predicted molar refractivity (Wildman–Crippen MR) is 60.0 cm³/mol. The molecule has 1 heterocycles. The number of hydrogen-bond acceptors (Lipinski definition) is 3. The van der Waals surface area contributed by atoms with Crippen LogP contribution in [-0.2, 0) is 4.79 Å². The molecule has 0 aliphatic carbocycles. The van der Waals surface area contributed by atoms with E-state index in [0.29, 0.717) is 12.1 Å². The molecule has 0 aromatic rings. The van der Waals surface area contributed by atoms with Crippen molar-refractivity contribution in [2.75, 3.05) is 26.7 Å². The Morgan fingerprint density at radius 2 is 2.13 bits per heavy atom. The monoisotopic (exact) mass is 214 g/mol. The summed E-state index contributed by atoms with van der Waals surface area (Å²) in [6.07, 6.45) is 1.04. The van der Waals surface area contributed by atoms with Crippen molar-refractivity contribution >= 4 is 5.97 Å². The van der Waals surface area contributed by atoms with Gasteiger partial charge >= 0.3 is 5.97 Å². The number of carbonyl (C=O) groups is 1. The van der Waals surface area contributed by atoms with E-state index in [0.717, 1.165) is 26.1 Å². The highest BCUT2D eigenvalue weighted by Crippen LogP contribution is 2.14. The van der Waals surface area contributed by atoms with Crippen molar-refractivity contribution < 1.29 is 9.90 Å². The number of carboxylic acid groups (broad SMARTS) is 1. The fraction of sp³-hybridized carbons (Fsp3) is 0.909. The summed E-state index contributed by atoms with van der Waals surface area (Å²) in [5.74, 6) is -0.690. The van der Waals surface area contributed by atoms with Gasteiger partial charge in [0.15, 0.2) is 0 Å². The lowest BCUT2D eigenvalue weighted by molar-refractivity contribution is -0.137. The first-order valence-electron chi connectivity index (χ1n) is 5.66. The molecule has 0 saturated carbocycles. The molecule has 15 heavy (non-hydrogen) atoms. The molecule has 0 bridgehead atoms. The van der Waals surface area contributed by atoms with Gasteiger partial charge in [-0.3, -0.25) is 9.69 Å². The van der Waals surface area contributed by atoms with Crippen LogP contribution in [0, 0.1) is 0 Å². The van der Waals surface area contributed by atoms with Gasteiger partial charge in [-0.2, -0.15) is 0 Å². The van der Waals surface area contributed by atoms with Gasteiger partial charge in [0.25, 0.3) is 0 Å². The lowest BCUT2D eigenvalue weighted by atomic mass is 10.1. The third-order valence-electron chi connectivity index (χ3n) is 3.23. The summed E-state index contributed by atoms with van der Waals surface area (Å²) in [6, 6.07) is 0.961. The van der Waals surface area contributed by atoms with Crippen LogP contribution in [0.15, 0.2) is 0 Å². The van der Waals surface area contributed by atoms with Crippen LogP contribution in [0.3, 0.4) is 0 Å². The van der Waals surface area contributed by atoms with Crippen molar-refractivity contribution in [3.63, 3.8) is 0 Å². The van der Waals surface area contributed by atoms with Crippen LogP contribution in [0.5, 0.6) is 0 Å². The van der Waals surface area contributed by atoms with Gasteiger partial charge in [-0.1, -0.05) is 0 Å². The van der Waals surface area contributed by atoms with Gasteiger partial charge in [0, 0.05) is 38.1 Å². The molecule has 1 atom stereocenters. The molecule has 1 fully saturated rings. The molecule has 0 spiro atoms. The van der Waals surface area contributed by atoms with E-state index in [1.165, 1.54) is 0 Å². The van der Waals surface area contributed by atoms with Crippen molar-refractivity contribution in [2.45, 2.75) is 38.8 Å². The van der Waals surface area contributed by atoms with E-state index < -0.39 is 5.97 Å². The zero-order chi connectivity index (χ0) is 11.4. The summed E-state index contributed by atoms with van der Waals surface area (Å²) in [5.41, 5.74) is 0. The topological polar surface area (TPSA) is 43.8 Å². The first kappa shape index (κ1) is 12.5. The molecule has 0 radical (unpaired) electrons. The number of piperazine rings is 1.